The number of carbonyl (C=O) groups excluding carboxylic acids is 1. The van der Waals surface area contributed by atoms with Gasteiger partial charge >= 0.3 is 0 Å². The van der Waals surface area contributed by atoms with Crippen LogP contribution in [-0.2, 0) is 11.2 Å². The Morgan fingerprint density at radius 1 is 1.32 bits per heavy atom. The number of hydrogen-bond donors (Lipinski definition) is 1. The highest BCUT2D eigenvalue weighted by Crippen LogP contribution is 2.21. The van der Waals surface area contributed by atoms with E-state index < -0.39 is 0 Å². The number of nitrogens with one attached hydrogen (secondary N) is 1. The number of benzene rings is 1. The molecule has 0 bridgehead atoms. The Hall–Kier alpha value is -2.18. The lowest BCUT2D eigenvalue weighted by molar-refractivity contribution is -0.116. The van der Waals surface area contributed by atoms with Crippen molar-refractivity contribution in [3.05, 3.63) is 52.0 Å². The molecule has 0 unspecified atom stereocenters. The van der Waals surface area contributed by atoms with Crippen LogP contribution in [0.15, 0.2) is 45.6 Å². The van der Waals surface area contributed by atoms with Gasteiger partial charge in [-0.05, 0) is 23.6 Å². The second-order valence-electron chi connectivity index (χ2n) is 4.55. The molecular weight excluding hydrogens is 322 g/mol. The average Bonchev–Trinajstić information content (AvgIpc) is 3.18. The Labute approximate surface area is 135 Å². The van der Waals surface area contributed by atoms with Gasteiger partial charge in [0.15, 0.2) is 0 Å². The average molecular weight is 334 g/mol. The number of para-hydroxylation sites is 1. The van der Waals surface area contributed by atoms with Crippen LogP contribution in [0.4, 0.5) is 5.69 Å². The van der Waals surface area contributed by atoms with Crippen LogP contribution < -0.4 is 5.32 Å². The summed E-state index contributed by atoms with van der Waals surface area (Å²) >= 11 is 7.56. The van der Waals surface area contributed by atoms with Crippen molar-refractivity contribution in [2.75, 3.05) is 5.32 Å². The molecule has 0 radical (unpaired) electrons. The van der Waals surface area contributed by atoms with Crippen LogP contribution in [0.3, 0.4) is 0 Å². The Balaban J connectivity index is 1.56. The zero-order chi connectivity index (χ0) is 15.4. The van der Waals surface area contributed by atoms with Gasteiger partial charge in [-0.1, -0.05) is 28.9 Å². The van der Waals surface area contributed by atoms with Crippen molar-refractivity contribution in [2.24, 2.45) is 0 Å². The van der Waals surface area contributed by atoms with Crippen molar-refractivity contribution in [1.29, 1.82) is 0 Å². The molecule has 0 aliphatic heterocycles. The summed E-state index contributed by atoms with van der Waals surface area (Å²) in [5.74, 6) is 0.835. The number of aryl methyl sites for hydroxylation is 1. The molecule has 0 spiro atoms. The second kappa shape index (κ2) is 6.72. The highest BCUT2D eigenvalue weighted by Gasteiger charge is 2.11. The van der Waals surface area contributed by atoms with Gasteiger partial charge in [-0.25, -0.2) is 0 Å². The van der Waals surface area contributed by atoms with E-state index in [-0.39, 0.29) is 12.3 Å². The van der Waals surface area contributed by atoms with E-state index in [4.69, 9.17) is 16.1 Å². The summed E-state index contributed by atoms with van der Waals surface area (Å²) in [6, 6.07) is 9.02. The molecule has 0 fully saturated rings. The maximum Gasteiger partial charge on any atom is 0.227 e. The number of carbonyl (C=O) groups is 1. The summed E-state index contributed by atoms with van der Waals surface area (Å²) < 4.78 is 5.15. The van der Waals surface area contributed by atoms with Crippen molar-refractivity contribution >= 4 is 34.5 Å². The molecule has 5 nitrogen and oxygen atoms in total. The first-order chi connectivity index (χ1) is 10.7. The number of thiophene rings is 1. The first-order valence-corrected chi connectivity index (χ1v) is 7.94. The predicted octanol–water partition coefficient (Wildman–Crippen LogP) is 4.02. The highest BCUT2D eigenvalue weighted by atomic mass is 35.5. The molecule has 7 heteroatoms. The predicted molar refractivity (Wildman–Crippen MR) is 86.0 cm³/mol. The van der Waals surface area contributed by atoms with E-state index >= 15 is 0 Å². The summed E-state index contributed by atoms with van der Waals surface area (Å²) in [5.41, 5.74) is 1.51. The maximum atomic E-state index is 11.9. The molecule has 3 rings (SSSR count). The first kappa shape index (κ1) is 14.7. The fourth-order valence-corrected chi connectivity index (χ4v) is 2.68. The fourth-order valence-electron chi connectivity index (χ4n) is 1.86. The van der Waals surface area contributed by atoms with Gasteiger partial charge in [0.05, 0.1) is 10.7 Å². The number of amides is 1. The summed E-state index contributed by atoms with van der Waals surface area (Å²) in [7, 11) is 0. The van der Waals surface area contributed by atoms with Crippen molar-refractivity contribution in [3.8, 4) is 11.4 Å². The third-order valence-electron chi connectivity index (χ3n) is 2.96. The molecule has 0 saturated carbocycles. The lowest BCUT2D eigenvalue weighted by Gasteiger charge is -2.05. The highest BCUT2D eigenvalue weighted by molar-refractivity contribution is 7.08. The molecule has 112 valence electrons. The molecule has 1 amide bonds. The molecule has 0 aliphatic rings. The topological polar surface area (TPSA) is 68.0 Å². The monoisotopic (exact) mass is 333 g/mol. The Kier molecular flexibility index (Phi) is 4.50. The van der Waals surface area contributed by atoms with Crippen LogP contribution in [-0.4, -0.2) is 16.0 Å². The number of nitrogens with zero attached hydrogens (tertiary/aromatic N) is 2. The summed E-state index contributed by atoms with van der Waals surface area (Å²) in [4.78, 5) is 16.2. The largest absolute Gasteiger partial charge is 0.339 e. The van der Waals surface area contributed by atoms with Crippen LogP contribution in [0.2, 0.25) is 5.02 Å². The Morgan fingerprint density at radius 3 is 2.95 bits per heavy atom. The number of aromatic nitrogens is 2. The van der Waals surface area contributed by atoms with E-state index in [1.54, 1.807) is 23.5 Å². The van der Waals surface area contributed by atoms with Crippen LogP contribution >= 0.6 is 22.9 Å². The zero-order valence-corrected chi connectivity index (χ0v) is 13.0. The van der Waals surface area contributed by atoms with Crippen LogP contribution in [0, 0.1) is 0 Å². The van der Waals surface area contributed by atoms with Gasteiger partial charge in [-0.15, -0.1) is 0 Å². The SMILES string of the molecule is O=C(CCc1nc(-c2ccsc2)no1)Nc1ccccc1Cl. The molecule has 0 saturated heterocycles. The van der Waals surface area contributed by atoms with Crippen molar-refractivity contribution in [3.63, 3.8) is 0 Å². The number of hydrogen-bond acceptors (Lipinski definition) is 5. The maximum absolute atomic E-state index is 11.9. The van der Waals surface area contributed by atoms with Gasteiger partial charge in [0.25, 0.3) is 0 Å². The Bertz CT molecular complexity index is 771. The molecule has 1 N–H and O–H groups in total. The van der Waals surface area contributed by atoms with Gasteiger partial charge in [-0.3, -0.25) is 4.79 Å². The molecule has 0 aliphatic carbocycles. The number of halogens is 1. The van der Waals surface area contributed by atoms with Gasteiger partial charge in [0.2, 0.25) is 17.6 Å². The van der Waals surface area contributed by atoms with E-state index in [1.807, 2.05) is 29.0 Å². The van der Waals surface area contributed by atoms with E-state index in [0.29, 0.717) is 28.8 Å². The quantitative estimate of drug-likeness (QED) is 0.765. The van der Waals surface area contributed by atoms with Crippen LogP contribution in [0.5, 0.6) is 0 Å². The van der Waals surface area contributed by atoms with Gasteiger partial charge in [-0.2, -0.15) is 16.3 Å². The van der Waals surface area contributed by atoms with Crippen molar-refractivity contribution in [2.45, 2.75) is 12.8 Å². The Morgan fingerprint density at radius 2 is 2.18 bits per heavy atom. The summed E-state index contributed by atoms with van der Waals surface area (Å²) in [6.45, 7) is 0. The van der Waals surface area contributed by atoms with Gasteiger partial charge in [0, 0.05) is 23.8 Å². The van der Waals surface area contributed by atoms with Gasteiger partial charge in [0.1, 0.15) is 0 Å². The molecular formula is C15H12ClN3O2S. The molecule has 0 atom stereocenters. The lowest BCUT2D eigenvalue weighted by atomic mass is 10.2. The van der Waals surface area contributed by atoms with Crippen LogP contribution in [0.25, 0.3) is 11.4 Å². The standard InChI is InChI=1S/C15H12ClN3O2S/c16-11-3-1-2-4-12(11)17-13(20)5-6-14-18-15(19-21-14)10-7-8-22-9-10/h1-4,7-9H,5-6H2,(H,17,20). The molecule has 2 heterocycles. The van der Waals surface area contributed by atoms with E-state index in [2.05, 4.69) is 15.5 Å². The molecule has 2 aromatic heterocycles. The fraction of sp³-hybridized carbons (Fsp3) is 0.133. The minimum atomic E-state index is -0.150. The molecule has 22 heavy (non-hydrogen) atoms. The minimum absolute atomic E-state index is 0.150. The second-order valence-corrected chi connectivity index (χ2v) is 5.74. The van der Waals surface area contributed by atoms with Crippen LogP contribution in [0.1, 0.15) is 12.3 Å². The van der Waals surface area contributed by atoms with E-state index in [0.717, 1.165) is 5.56 Å². The first-order valence-electron chi connectivity index (χ1n) is 6.62. The van der Waals surface area contributed by atoms with E-state index in [9.17, 15) is 4.79 Å². The smallest absolute Gasteiger partial charge is 0.227 e. The molecule has 1 aromatic carbocycles. The third-order valence-corrected chi connectivity index (χ3v) is 3.97. The van der Waals surface area contributed by atoms with E-state index in [1.165, 1.54) is 0 Å². The van der Waals surface area contributed by atoms with Gasteiger partial charge < -0.3 is 9.84 Å². The minimum Gasteiger partial charge on any atom is -0.339 e. The lowest BCUT2D eigenvalue weighted by Crippen LogP contribution is -2.12. The third kappa shape index (κ3) is 3.52. The summed E-state index contributed by atoms with van der Waals surface area (Å²) in [6.07, 6.45) is 0.629. The number of anilines is 1. The van der Waals surface area contributed by atoms with Crippen molar-refractivity contribution < 1.29 is 9.32 Å². The number of rotatable bonds is 5. The molecule has 3 aromatic rings. The normalized spacial score (nSPS) is 10.6. The van der Waals surface area contributed by atoms with Crippen molar-refractivity contribution in [1.82, 2.24) is 10.1 Å². The zero-order valence-electron chi connectivity index (χ0n) is 11.5. The summed E-state index contributed by atoms with van der Waals surface area (Å²) in [5, 5.41) is 11.1.